The third kappa shape index (κ3) is 10.3. The second-order valence-electron chi connectivity index (χ2n) is 14.3. The number of rotatable bonds is 18. The van der Waals surface area contributed by atoms with Crippen LogP contribution in [0.15, 0.2) is 97.3 Å². The quantitative estimate of drug-likeness (QED) is 0.0643. The second-order valence-corrected chi connectivity index (χ2v) is 14.3. The minimum atomic E-state index is -1.53. The molecule has 0 saturated carbocycles. The van der Waals surface area contributed by atoms with Crippen LogP contribution in [0.25, 0.3) is 11.2 Å². The monoisotopic (exact) mass is 792 g/mol. The molecule has 1 fully saturated rings. The average Bonchev–Trinajstić information content (AvgIpc) is 3.79. The Bertz CT molecular complexity index is 2060. The molecule has 4 amide bonds. The van der Waals surface area contributed by atoms with Gasteiger partial charge >= 0.3 is 6.03 Å². The third-order valence-corrected chi connectivity index (χ3v) is 9.96. The van der Waals surface area contributed by atoms with E-state index >= 15 is 0 Å². The minimum Gasteiger partial charge on any atom is -0.387 e. The Morgan fingerprint density at radius 2 is 1.43 bits per heavy atom. The van der Waals surface area contributed by atoms with Crippen molar-refractivity contribution in [3.8, 4) is 0 Å². The first-order valence-corrected chi connectivity index (χ1v) is 19.6. The summed E-state index contributed by atoms with van der Waals surface area (Å²) in [7, 11) is 0. The smallest absolute Gasteiger partial charge is 0.314 e. The van der Waals surface area contributed by atoms with Crippen LogP contribution in [0, 0.1) is 0 Å². The van der Waals surface area contributed by atoms with Crippen LogP contribution in [0.1, 0.15) is 60.2 Å². The number of nitrogens with zero attached hydrogens (tertiary/aromatic N) is 5. The van der Waals surface area contributed by atoms with Gasteiger partial charge < -0.3 is 41.5 Å². The van der Waals surface area contributed by atoms with Gasteiger partial charge in [0.1, 0.15) is 12.2 Å². The lowest BCUT2D eigenvalue weighted by molar-refractivity contribution is -0.137. The van der Waals surface area contributed by atoms with Gasteiger partial charge in [0.05, 0.1) is 6.33 Å². The molecule has 4 atom stereocenters. The number of amides is 4. The summed E-state index contributed by atoms with van der Waals surface area (Å²) < 4.78 is 7.25. The Morgan fingerprint density at radius 1 is 0.810 bits per heavy atom. The lowest BCUT2D eigenvalue weighted by Crippen LogP contribution is -2.44. The molecule has 0 radical (unpaired) electrons. The maximum absolute atomic E-state index is 13.6. The fraction of sp³-hybridized carbons (Fsp3) is 0.381. The normalized spacial score (nSPS) is 17.8. The van der Waals surface area contributed by atoms with E-state index in [1.54, 1.807) is 6.92 Å². The van der Waals surface area contributed by atoms with E-state index < -0.39 is 36.4 Å². The van der Waals surface area contributed by atoms with E-state index in [0.29, 0.717) is 26.2 Å². The van der Waals surface area contributed by atoms with Gasteiger partial charge in [-0.1, -0.05) is 91.0 Å². The molecule has 1 aliphatic heterocycles. The Labute approximate surface area is 337 Å². The second kappa shape index (κ2) is 20.0. The number of hydrogen-bond acceptors (Lipinski definition) is 11. The summed E-state index contributed by atoms with van der Waals surface area (Å²) in [5.74, 6) is -1.26. The number of urea groups is 1. The number of likely N-dealkylation sites (N-methyl/N-ethyl adjacent to an activating group) is 1. The van der Waals surface area contributed by atoms with Crippen molar-refractivity contribution in [2.45, 2.75) is 63.8 Å². The van der Waals surface area contributed by atoms with Crippen LogP contribution in [-0.2, 0) is 16.1 Å². The topological polar surface area (TPSA) is 208 Å². The summed E-state index contributed by atoms with van der Waals surface area (Å²) in [4.78, 5) is 54.8. The average molecular weight is 793 g/mol. The molecule has 7 N–H and O–H groups in total. The number of hydrogen-bond donors (Lipinski definition) is 7. The summed E-state index contributed by atoms with van der Waals surface area (Å²) in [6, 6.07) is 30.0. The molecule has 306 valence electrons. The number of aromatic nitrogens is 4. The van der Waals surface area contributed by atoms with Crippen molar-refractivity contribution in [1.82, 2.24) is 45.7 Å². The Hall–Kier alpha value is -5.94. The lowest BCUT2D eigenvalue weighted by Gasteiger charge is -2.26. The van der Waals surface area contributed by atoms with Gasteiger partial charge in [-0.25, -0.2) is 19.7 Å². The van der Waals surface area contributed by atoms with Crippen molar-refractivity contribution in [3.05, 3.63) is 120 Å². The lowest BCUT2D eigenvalue weighted by atomic mass is 9.91. The predicted molar refractivity (Wildman–Crippen MR) is 219 cm³/mol. The number of ether oxygens (including phenoxy) is 1. The van der Waals surface area contributed by atoms with Crippen LogP contribution in [-0.4, -0.2) is 116 Å². The van der Waals surface area contributed by atoms with Gasteiger partial charge in [0.15, 0.2) is 29.3 Å². The van der Waals surface area contributed by atoms with E-state index in [1.807, 2.05) is 78.9 Å². The van der Waals surface area contributed by atoms with Crippen LogP contribution in [0.4, 0.5) is 10.6 Å². The molecule has 3 aromatic carbocycles. The molecule has 0 spiro atoms. The molecular formula is C42H52N10O6. The molecule has 1 saturated heterocycles. The number of aliphatic hydroxyl groups excluding tert-OH is 2. The van der Waals surface area contributed by atoms with Crippen molar-refractivity contribution in [1.29, 1.82) is 0 Å². The number of imidazole rings is 1. The number of benzene rings is 3. The molecule has 2 aromatic heterocycles. The number of aliphatic hydroxyl groups is 2. The van der Waals surface area contributed by atoms with Gasteiger partial charge in [-0.05, 0) is 37.5 Å². The molecule has 0 aliphatic carbocycles. The fourth-order valence-corrected chi connectivity index (χ4v) is 6.85. The van der Waals surface area contributed by atoms with E-state index in [-0.39, 0.29) is 53.9 Å². The van der Waals surface area contributed by atoms with Crippen molar-refractivity contribution in [2.75, 3.05) is 44.6 Å². The third-order valence-electron chi connectivity index (χ3n) is 9.96. The fourth-order valence-electron chi connectivity index (χ4n) is 6.85. The van der Waals surface area contributed by atoms with Crippen LogP contribution in [0.2, 0.25) is 0 Å². The van der Waals surface area contributed by atoms with Gasteiger partial charge in [0.2, 0.25) is 5.82 Å². The maximum atomic E-state index is 13.6. The van der Waals surface area contributed by atoms with Crippen LogP contribution < -0.4 is 26.6 Å². The minimum absolute atomic E-state index is 0.0801. The van der Waals surface area contributed by atoms with Crippen LogP contribution in [0.5, 0.6) is 0 Å². The van der Waals surface area contributed by atoms with Crippen molar-refractivity contribution in [3.63, 3.8) is 0 Å². The Balaban J connectivity index is 1.15. The highest BCUT2D eigenvalue weighted by Gasteiger charge is 2.47. The van der Waals surface area contributed by atoms with E-state index in [9.17, 15) is 24.6 Å². The molecule has 3 heterocycles. The SMILES string of the molecule is CCNC(=O)[C@H]1O[C@@H](n2cnc3c(NCC(c4ccccc4)c4ccccc4)nc(C(=O)NCCNC(=O)NCCN(Cc4ccccc4)C(C)C)nc32)[C@H](O)[C@@H]1O. The van der Waals surface area contributed by atoms with E-state index in [2.05, 4.69) is 72.4 Å². The van der Waals surface area contributed by atoms with Gasteiger partial charge in [-0.15, -0.1) is 0 Å². The molecule has 16 nitrogen and oxygen atoms in total. The number of carbonyl (C=O) groups excluding carboxylic acids is 3. The zero-order chi connectivity index (χ0) is 41.0. The summed E-state index contributed by atoms with van der Waals surface area (Å²) in [6.07, 6.45) is -4.26. The molecule has 16 heteroatoms. The first kappa shape index (κ1) is 41.7. The Morgan fingerprint density at radius 3 is 2.07 bits per heavy atom. The summed E-state index contributed by atoms with van der Waals surface area (Å²) in [5, 5.41) is 36.2. The number of fused-ring (bicyclic) bond motifs is 1. The van der Waals surface area contributed by atoms with Crippen molar-refractivity contribution >= 4 is 34.8 Å². The van der Waals surface area contributed by atoms with Crippen molar-refractivity contribution in [2.24, 2.45) is 0 Å². The zero-order valence-corrected chi connectivity index (χ0v) is 32.9. The molecule has 0 bridgehead atoms. The van der Waals surface area contributed by atoms with E-state index in [0.717, 1.165) is 17.7 Å². The highest BCUT2D eigenvalue weighted by atomic mass is 16.6. The first-order valence-electron chi connectivity index (χ1n) is 19.6. The van der Waals surface area contributed by atoms with E-state index in [4.69, 9.17) is 4.74 Å². The Kier molecular flexibility index (Phi) is 14.3. The highest BCUT2D eigenvalue weighted by molar-refractivity contribution is 5.94. The predicted octanol–water partition coefficient (Wildman–Crippen LogP) is 2.77. The van der Waals surface area contributed by atoms with Gasteiger partial charge in [0, 0.05) is 57.8 Å². The van der Waals surface area contributed by atoms with Crippen LogP contribution in [0.3, 0.4) is 0 Å². The molecule has 58 heavy (non-hydrogen) atoms. The molecular weight excluding hydrogens is 741 g/mol. The van der Waals surface area contributed by atoms with Gasteiger partial charge in [-0.3, -0.25) is 19.1 Å². The standard InChI is InChI=1S/C42H52N10O6/c1-4-43-39(55)35-33(53)34(54)41(58-35)52-26-48-32-36(47-24-31(29-16-10-6-11-17-29)30-18-12-7-13-19-30)49-37(50-38(32)52)40(56)44-20-21-45-42(57)46-22-23-51(27(2)3)25-28-14-8-5-9-15-28/h5-19,26-27,31,33-35,41,53-54H,4,20-25H2,1-3H3,(H,43,55)(H,44,56)(H2,45,46,57)(H,47,49,50)/t33-,34+,35-,41+/m0/s1. The molecule has 0 unspecified atom stereocenters. The number of carbonyl (C=O) groups is 3. The number of anilines is 1. The highest BCUT2D eigenvalue weighted by Crippen LogP contribution is 2.33. The molecule has 5 aromatic rings. The summed E-state index contributed by atoms with van der Waals surface area (Å²) in [5.41, 5.74) is 3.73. The number of nitrogens with one attached hydrogen (secondary N) is 5. The summed E-state index contributed by atoms with van der Waals surface area (Å²) in [6.45, 7) is 8.73. The van der Waals surface area contributed by atoms with Gasteiger partial charge in [0.25, 0.3) is 11.8 Å². The first-order chi connectivity index (χ1) is 28.1. The molecule has 1 aliphatic rings. The van der Waals surface area contributed by atoms with Gasteiger partial charge in [-0.2, -0.15) is 0 Å². The maximum Gasteiger partial charge on any atom is 0.314 e. The van der Waals surface area contributed by atoms with E-state index in [1.165, 1.54) is 16.5 Å². The van der Waals surface area contributed by atoms with Crippen LogP contribution >= 0.6 is 0 Å². The zero-order valence-electron chi connectivity index (χ0n) is 32.9. The largest absolute Gasteiger partial charge is 0.387 e. The summed E-state index contributed by atoms with van der Waals surface area (Å²) >= 11 is 0. The van der Waals surface area contributed by atoms with Crippen molar-refractivity contribution < 1.29 is 29.3 Å². The molecule has 6 rings (SSSR count).